The second kappa shape index (κ2) is 5.46. The Kier molecular flexibility index (Phi) is 3.52. The fourth-order valence-electron chi connectivity index (χ4n) is 2.01. The Labute approximate surface area is 116 Å². The van der Waals surface area contributed by atoms with E-state index in [-0.39, 0.29) is 0 Å². The Morgan fingerprint density at radius 3 is 2.84 bits per heavy atom. The van der Waals surface area contributed by atoms with E-state index in [9.17, 15) is 0 Å². The average Bonchev–Trinajstić information content (AvgIpc) is 2.98. The van der Waals surface area contributed by atoms with Crippen LogP contribution in [0, 0.1) is 0 Å². The van der Waals surface area contributed by atoms with E-state index in [1.165, 1.54) is 0 Å². The third-order valence-corrected chi connectivity index (χ3v) is 3.53. The monoisotopic (exact) mass is 274 g/mol. The molecular weight excluding hydrogens is 260 g/mol. The van der Waals surface area contributed by atoms with Gasteiger partial charge in [0.1, 0.15) is 4.99 Å². The molecule has 5 nitrogen and oxygen atoms in total. The van der Waals surface area contributed by atoms with E-state index in [4.69, 9.17) is 17.0 Å². The summed E-state index contributed by atoms with van der Waals surface area (Å²) in [6.07, 6.45) is 7.25. The predicted octanol–water partition coefficient (Wildman–Crippen LogP) is 1.27. The van der Waals surface area contributed by atoms with Gasteiger partial charge in [-0.15, -0.1) is 0 Å². The molecule has 19 heavy (non-hydrogen) atoms. The third-order valence-electron chi connectivity index (χ3n) is 3.04. The highest BCUT2D eigenvalue weighted by Gasteiger charge is 2.16. The lowest BCUT2D eigenvalue weighted by molar-refractivity contribution is 0.0693. The van der Waals surface area contributed by atoms with Gasteiger partial charge in [0.25, 0.3) is 0 Å². The summed E-state index contributed by atoms with van der Waals surface area (Å²) in [7, 11) is 0. The van der Waals surface area contributed by atoms with E-state index >= 15 is 0 Å². The fraction of sp³-hybridized carbons (Fsp3) is 0.308. The lowest BCUT2D eigenvalue weighted by Crippen LogP contribution is -2.40. The highest BCUT2D eigenvalue weighted by molar-refractivity contribution is 7.80. The normalized spacial score (nSPS) is 15.5. The van der Waals surface area contributed by atoms with Crippen LogP contribution in [0.25, 0.3) is 5.69 Å². The molecule has 2 aromatic rings. The maximum absolute atomic E-state index is 5.51. The maximum atomic E-state index is 5.51. The van der Waals surface area contributed by atoms with E-state index in [1.54, 1.807) is 23.3 Å². The van der Waals surface area contributed by atoms with Crippen LogP contribution in [0.4, 0.5) is 0 Å². The van der Waals surface area contributed by atoms with Gasteiger partial charge in [0, 0.05) is 31.0 Å². The van der Waals surface area contributed by atoms with Crippen LogP contribution in [-0.4, -0.2) is 51.0 Å². The van der Waals surface area contributed by atoms with Crippen LogP contribution in [-0.2, 0) is 4.74 Å². The average molecular weight is 274 g/mol. The van der Waals surface area contributed by atoms with E-state index < -0.39 is 0 Å². The smallest absolute Gasteiger partial charge is 0.112 e. The third kappa shape index (κ3) is 2.64. The largest absolute Gasteiger partial charge is 0.378 e. The van der Waals surface area contributed by atoms with Crippen molar-refractivity contribution in [1.82, 2.24) is 19.7 Å². The van der Waals surface area contributed by atoms with Gasteiger partial charge < -0.3 is 9.64 Å². The van der Waals surface area contributed by atoms with Crippen LogP contribution in [0.1, 0.15) is 5.56 Å². The van der Waals surface area contributed by atoms with Gasteiger partial charge >= 0.3 is 0 Å². The highest BCUT2D eigenvalue weighted by atomic mass is 32.1. The van der Waals surface area contributed by atoms with Gasteiger partial charge in [0.05, 0.1) is 31.3 Å². The second-order valence-corrected chi connectivity index (χ2v) is 4.68. The lowest BCUT2D eigenvalue weighted by Gasteiger charge is -2.28. The molecule has 1 fully saturated rings. The molecule has 0 spiro atoms. The number of hydrogen-bond acceptors (Lipinski definition) is 4. The van der Waals surface area contributed by atoms with Crippen molar-refractivity contribution in [1.29, 1.82) is 0 Å². The van der Waals surface area contributed by atoms with Crippen LogP contribution in [0.15, 0.2) is 36.9 Å². The molecule has 6 heteroatoms. The summed E-state index contributed by atoms with van der Waals surface area (Å²) < 4.78 is 7.12. The number of thiocarbonyl (C=S) groups is 1. The summed E-state index contributed by atoms with van der Waals surface area (Å²) in [5, 5.41) is 4.33. The van der Waals surface area contributed by atoms with Crippen LogP contribution in [0.3, 0.4) is 0 Å². The van der Waals surface area contributed by atoms with Crippen molar-refractivity contribution in [2.24, 2.45) is 0 Å². The predicted molar refractivity (Wildman–Crippen MR) is 75.5 cm³/mol. The van der Waals surface area contributed by atoms with Crippen LogP contribution >= 0.6 is 12.2 Å². The lowest BCUT2D eigenvalue weighted by atomic mass is 10.3. The minimum absolute atomic E-state index is 0.733. The molecule has 3 rings (SSSR count). The molecular formula is C13H14N4OS. The first kappa shape index (κ1) is 12.3. The number of rotatable bonds is 2. The Bertz CT molecular complexity index is 563. The second-order valence-electron chi connectivity index (χ2n) is 4.29. The van der Waals surface area contributed by atoms with Crippen molar-refractivity contribution in [3.63, 3.8) is 0 Å². The Balaban J connectivity index is 1.79. The summed E-state index contributed by atoms with van der Waals surface area (Å²) in [6.45, 7) is 3.15. The van der Waals surface area contributed by atoms with Crippen LogP contribution < -0.4 is 0 Å². The summed E-state index contributed by atoms with van der Waals surface area (Å²) in [5.74, 6) is 0. The molecule has 1 aliphatic heterocycles. The van der Waals surface area contributed by atoms with E-state index in [0.717, 1.165) is 42.5 Å². The topological polar surface area (TPSA) is 43.2 Å². The van der Waals surface area contributed by atoms with Crippen LogP contribution in [0.5, 0.6) is 0 Å². The van der Waals surface area contributed by atoms with Gasteiger partial charge in [-0.25, -0.2) is 4.68 Å². The van der Waals surface area contributed by atoms with Gasteiger partial charge in [-0.05, 0) is 12.1 Å². The number of morpholine rings is 1. The molecule has 3 heterocycles. The van der Waals surface area contributed by atoms with Gasteiger partial charge in [0.2, 0.25) is 0 Å². The fourth-order valence-corrected chi connectivity index (χ4v) is 2.30. The Morgan fingerprint density at radius 2 is 2.11 bits per heavy atom. The van der Waals surface area contributed by atoms with E-state index in [2.05, 4.69) is 15.0 Å². The SMILES string of the molecule is S=C(c1cnn(-c2cccnc2)c1)N1CCOCC1. The zero-order valence-corrected chi connectivity index (χ0v) is 11.2. The first-order valence-electron chi connectivity index (χ1n) is 6.17. The zero-order chi connectivity index (χ0) is 13.1. The molecule has 0 aliphatic carbocycles. The first-order valence-corrected chi connectivity index (χ1v) is 6.57. The molecule has 98 valence electrons. The highest BCUT2D eigenvalue weighted by Crippen LogP contribution is 2.11. The van der Waals surface area contributed by atoms with E-state index in [0.29, 0.717) is 0 Å². The van der Waals surface area contributed by atoms with Crippen molar-refractivity contribution in [3.05, 3.63) is 42.5 Å². The van der Waals surface area contributed by atoms with Gasteiger partial charge in [0.15, 0.2) is 0 Å². The number of nitrogens with zero attached hydrogens (tertiary/aromatic N) is 4. The summed E-state index contributed by atoms with van der Waals surface area (Å²) in [6, 6.07) is 3.85. The Morgan fingerprint density at radius 1 is 1.26 bits per heavy atom. The molecule has 0 amide bonds. The maximum Gasteiger partial charge on any atom is 0.112 e. The Hall–Kier alpha value is -1.79. The number of aromatic nitrogens is 3. The van der Waals surface area contributed by atoms with E-state index in [1.807, 2.05) is 18.3 Å². The van der Waals surface area contributed by atoms with Crippen molar-refractivity contribution in [2.45, 2.75) is 0 Å². The molecule has 0 atom stereocenters. The summed E-state index contributed by atoms with van der Waals surface area (Å²) in [4.78, 5) is 7.07. The number of ether oxygens (including phenoxy) is 1. The molecule has 0 aromatic carbocycles. The summed E-state index contributed by atoms with van der Waals surface area (Å²) in [5.41, 5.74) is 1.89. The first-order chi connectivity index (χ1) is 9.34. The molecule has 0 saturated carbocycles. The zero-order valence-electron chi connectivity index (χ0n) is 10.4. The van der Waals surface area contributed by atoms with Gasteiger partial charge in [-0.3, -0.25) is 4.98 Å². The van der Waals surface area contributed by atoms with Crippen molar-refractivity contribution in [3.8, 4) is 5.69 Å². The minimum Gasteiger partial charge on any atom is -0.378 e. The van der Waals surface area contributed by atoms with Crippen molar-refractivity contribution >= 4 is 17.2 Å². The minimum atomic E-state index is 0.733. The number of pyridine rings is 1. The van der Waals surface area contributed by atoms with Crippen molar-refractivity contribution in [2.75, 3.05) is 26.3 Å². The van der Waals surface area contributed by atoms with Gasteiger partial charge in [-0.1, -0.05) is 12.2 Å². The standard InChI is InChI=1S/C13H14N4OS/c19-13(16-4-6-18-7-5-16)11-8-15-17(10-11)12-2-1-3-14-9-12/h1-3,8-10H,4-7H2. The summed E-state index contributed by atoms with van der Waals surface area (Å²) >= 11 is 5.51. The molecule has 0 radical (unpaired) electrons. The quantitative estimate of drug-likeness (QED) is 0.772. The number of hydrogen-bond donors (Lipinski definition) is 0. The van der Waals surface area contributed by atoms with Gasteiger partial charge in [-0.2, -0.15) is 5.10 Å². The molecule has 1 aliphatic rings. The molecule has 2 aromatic heterocycles. The molecule has 0 bridgehead atoms. The molecule has 1 saturated heterocycles. The molecule has 0 N–H and O–H groups in total. The van der Waals surface area contributed by atoms with Crippen molar-refractivity contribution < 1.29 is 4.74 Å². The molecule has 0 unspecified atom stereocenters. The van der Waals surface area contributed by atoms with Crippen LogP contribution in [0.2, 0.25) is 0 Å².